The van der Waals surface area contributed by atoms with E-state index in [4.69, 9.17) is 13.8 Å². The van der Waals surface area contributed by atoms with Crippen LogP contribution in [0.1, 0.15) is 245 Å². The van der Waals surface area contributed by atoms with Crippen LogP contribution in [-0.4, -0.2) is 74.3 Å². The average Bonchev–Trinajstić information content (AvgIpc) is 3.29. The number of ether oxygens (including phenoxy) is 1. The number of hydrogen-bond donors (Lipinski definition) is 2. The molecule has 2 N–H and O–H groups in total. The molecule has 0 aromatic rings. The van der Waals surface area contributed by atoms with Crippen LogP contribution >= 0.6 is 7.82 Å². The van der Waals surface area contributed by atoms with Gasteiger partial charge < -0.3 is 19.4 Å². The summed E-state index contributed by atoms with van der Waals surface area (Å²) in [7, 11) is 1.47. The van der Waals surface area contributed by atoms with E-state index in [1.807, 2.05) is 33.3 Å². The Kier molecular flexibility index (Phi) is 46.7. The van der Waals surface area contributed by atoms with Crippen molar-refractivity contribution in [1.82, 2.24) is 5.32 Å². The third-order valence-electron chi connectivity index (χ3n) is 12.3. The van der Waals surface area contributed by atoms with Gasteiger partial charge in [-0.1, -0.05) is 217 Å². The lowest BCUT2D eigenvalue weighted by Gasteiger charge is -2.27. The van der Waals surface area contributed by atoms with Gasteiger partial charge in [-0.05, 0) is 76.7 Å². The zero-order valence-electron chi connectivity index (χ0n) is 45.1. The predicted molar refractivity (Wildman–Crippen MR) is 291 cm³/mol. The second-order valence-electron chi connectivity index (χ2n) is 20.1. The molecule has 68 heavy (non-hydrogen) atoms. The highest BCUT2D eigenvalue weighted by Gasteiger charge is 2.30. The summed E-state index contributed by atoms with van der Waals surface area (Å²) in [4.78, 5) is 37.5. The third kappa shape index (κ3) is 48.7. The highest BCUT2D eigenvalue weighted by Crippen LogP contribution is 2.43. The van der Waals surface area contributed by atoms with Crippen LogP contribution in [-0.2, 0) is 27.9 Å². The van der Waals surface area contributed by atoms with Crippen molar-refractivity contribution in [3.8, 4) is 0 Å². The molecule has 0 rings (SSSR count). The first-order valence-corrected chi connectivity index (χ1v) is 29.6. The molecule has 0 spiro atoms. The Morgan fingerprint density at radius 2 is 0.956 bits per heavy atom. The molecule has 0 aromatic carbocycles. The van der Waals surface area contributed by atoms with Gasteiger partial charge in [0, 0.05) is 12.8 Å². The number of amides is 1. The molecule has 0 aromatic heterocycles. The smallest absolute Gasteiger partial charge is 0.456 e. The Bertz CT molecular complexity index is 1350. The zero-order chi connectivity index (χ0) is 50.1. The lowest BCUT2D eigenvalue weighted by atomic mass is 10.0. The van der Waals surface area contributed by atoms with Crippen molar-refractivity contribution in [2.24, 2.45) is 0 Å². The molecule has 3 atom stereocenters. The summed E-state index contributed by atoms with van der Waals surface area (Å²) in [5.41, 5.74) is 0. The van der Waals surface area contributed by atoms with Gasteiger partial charge in [0.05, 0.1) is 33.8 Å². The molecule has 0 fully saturated rings. The van der Waals surface area contributed by atoms with E-state index in [1.54, 1.807) is 0 Å². The molecular formula is C58H108N2O7P+. The van der Waals surface area contributed by atoms with E-state index in [0.29, 0.717) is 17.4 Å². The number of carbonyl (C=O) groups is 2. The highest BCUT2D eigenvalue weighted by atomic mass is 31.2. The minimum absolute atomic E-state index is 0.0339. The van der Waals surface area contributed by atoms with Crippen molar-refractivity contribution >= 4 is 19.7 Å². The van der Waals surface area contributed by atoms with Crippen molar-refractivity contribution in [2.45, 2.75) is 258 Å². The van der Waals surface area contributed by atoms with Gasteiger partial charge in [0.1, 0.15) is 19.3 Å². The van der Waals surface area contributed by atoms with Crippen LogP contribution in [0.15, 0.2) is 60.8 Å². The number of phosphoric ester groups is 1. The second-order valence-corrected chi connectivity index (χ2v) is 21.6. The van der Waals surface area contributed by atoms with E-state index >= 15 is 0 Å². The largest absolute Gasteiger partial charge is 0.472 e. The van der Waals surface area contributed by atoms with Gasteiger partial charge in [-0.25, -0.2) is 4.57 Å². The standard InChI is InChI=1S/C58H107N2O7P/c1-7-10-13-16-19-22-25-28-29-30-31-33-36-39-42-45-48-51-58(62)67-56(49-46-43-40-37-34-27-24-21-18-15-12-9-3)55(54-66-68(63,64)65-53-52-60(4,5)6)59-57(61)50-47-44-41-38-35-32-26-23-20-17-14-11-8-2/h11,14,17,20,23,26,28-29,46,49,55-56H,7-10,12-13,15-16,18-19,21-22,24-25,27,30-45,47-48,50-54H2,1-6H3,(H-,59,61,63,64)/p+1/b14-11+,20-17+,26-23-,29-28+,49-46+. The summed E-state index contributed by atoms with van der Waals surface area (Å²) in [5, 5.41) is 3.03. The number of unbranched alkanes of at least 4 members (excludes halogenated alkanes) is 28. The monoisotopic (exact) mass is 976 g/mol. The maximum absolute atomic E-state index is 13.5. The average molecular weight is 976 g/mol. The Balaban J connectivity index is 5.38. The van der Waals surface area contributed by atoms with Crippen molar-refractivity contribution in [1.29, 1.82) is 0 Å². The van der Waals surface area contributed by atoms with Gasteiger partial charge in [0.25, 0.3) is 0 Å². The number of phosphoric acid groups is 1. The molecule has 0 aliphatic heterocycles. The number of nitrogens with one attached hydrogen (secondary N) is 1. The molecule has 0 aliphatic rings. The van der Waals surface area contributed by atoms with Crippen molar-refractivity contribution in [3.05, 3.63) is 60.8 Å². The van der Waals surface area contributed by atoms with E-state index < -0.39 is 20.0 Å². The Labute approximate surface area is 420 Å². The Morgan fingerprint density at radius 3 is 1.44 bits per heavy atom. The molecule has 0 bridgehead atoms. The summed E-state index contributed by atoms with van der Waals surface area (Å²) in [5.74, 6) is -0.534. The van der Waals surface area contributed by atoms with Crippen LogP contribution in [0.2, 0.25) is 0 Å². The normalized spacial score (nSPS) is 14.3. The van der Waals surface area contributed by atoms with Crippen molar-refractivity contribution in [3.63, 3.8) is 0 Å². The van der Waals surface area contributed by atoms with Crippen LogP contribution < -0.4 is 5.32 Å². The predicted octanol–water partition coefficient (Wildman–Crippen LogP) is 16.7. The van der Waals surface area contributed by atoms with E-state index in [0.717, 1.165) is 96.3 Å². The molecule has 10 heteroatoms. The topological polar surface area (TPSA) is 111 Å². The first-order chi connectivity index (χ1) is 32.9. The minimum atomic E-state index is -4.45. The molecule has 1 amide bonds. The van der Waals surface area contributed by atoms with E-state index in [2.05, 4.69) is 74.7 Å². The summed E-state index contributed by atoms with van der Waals surface area (Å²) in [6.45, 7) is 6.85. The molecule has 0 saturated heterocycles. The van der Waals surface area contributed by atoms with Gasteiger partial charge >= 0.3 is 13.8 Å². The molecule has 0 radical (unpaired) electrons. The highest BCUT2D eigenvalue weighted by molar-refractivity contribution is 7.47. The fourth-order valence-corrected chi connectivity index (χ4v) is 8.61. The van der Waals surface area contributed by atoms with Crippen LogP contribution in [0.4, 0.5) is 0 Å². The van der Waals surface area contributed by atoms with Crippen molar-refractivity contribution < 1.29 is 37.3 Å². The molecule has 396 valence electrons. The molecule has 3 unspecified atom stereocenters. The number of allylic oxidation sites excluding steroid dienone is 9. The zero-order valence-corrected chi connectivity index (χ0v) is 46.0. The van der Waals surface area contributed by atoms with Gasteiger partial charge in [-0.15, -0.1) is 0 Å². The number of carbonyl (C=O) groups excluding carboxylic acids is 2. The summed E-state index contributed by atoms with van der Waals surface area (Å²) in [6.07, 6.45) is 59.3. The Hall–Kier alpha value is -2.29. The van der Waals surface area contributed by atoms with E-state index in [1.165, 1.54) is 116 Å². The number of rotatable bonds is 50. The molecular weight excluding hydrogens is 868 g/mol. The lowest BCUT2D eigenvalue weighted by molar-refractivity contribution is -0.870. The SMILES string of the molecule is CC/C=C/C=C/C=C\CCCCCCCC(=O)NC(COP(=O)(O)OCC[N+](C)(C)C)C(/C=C/CCCCCCCCCCCC)OC(=O)CCCCCCCCC/C=C/CCCCCCCC. The van der Waals surface area contributed by atoms with Gasteiger partial charge in [0.2, 0.25) is 5.91 Å². The van der Waals surface area contributed by atoms with Crippen LogP contribution in [0.3, 0.4) is 0 Å². The van der Waals surface area contributed by atoms with Crippen LogP contribution in [0.25, 0.3) is 0 Å². The van der Waals surface area contributed by atoms with Gasteiger partial charge in [0.15, 0.2) is 0 Å². The summed E-state index contributed by atoms with van der Waals surface area (Å²) < 4.78 is 30.6. The van der Waals surface area contributed by atoms with Crippen molar-refractivity contribution in [2.75, 3.05) is 40.9 Å². The summed E-state index contributed by atoms with van der Waals surface area (Å²) in [6, 6.07) is -0.860. The lowest BCUT2D eigenvalue weighted by Crippen LogP contribution is -2.47. The Morgan fingerprint density at radius 1 is 0.529 bits per heavy atom. The maximum atomic E-state index is 13.5. The number of quaternary nitrogens is 1. The molecule has 0 heterocycles. The molecule has 9 nitrogen and oxygen atoms in total. The number of esters is 1. The number of nitrogens with zero attached hydrogens (tertiary/aromatic N) is 1. The number of likely N-dealkylation sites (N-methyl/N-ethyl adjacent to an activating group) is 1. The maximum Gasteiger partial charge on any atom is 0.472 e. The van der Waals surface area contributed by atoms with Crippen LogP contribution in [0.5, 0.6) is 0 Å². The first-order valence-electron chi connectivity index (χ1n) is 28.1. The quantitative estimate of drug-likeness (QED) is 0.0156. The first kappa shape index (κ1) is 65.7. The van der Waals surface area contributed by atoms with E-state index in [-0.39, 0.29) is 31.5 Å². The fraction of sp³-hybridized carbons (Fsp3) is 0.793. The molecule has 0 saturated carbocycles. The molecule has 0 aliphatic carbocycles. The van der Waals surface area contributed by atoms with Gasteiger partial charge in [-0.2, -0.15) is 0 Å². The van der Waals surface area contributed by atoms with Gasteiger partial charge in [-0.3, -0.25) is 18.6 Å². The fourth-order valence-electron chi connectivity index (χ4n) is 7.88. The summed E-state index contributed by atoms with van der Waals surface area (Å²) >= 11 is 0. The van der Waals surface area contributed by atoms with Crippen LogP contribution in [0, 0.1) is 0 Å². The second kappa shape index (κ2) is 48.3. The van der Waals surface area contributed by atoms with E-state index in [9.17, 15) is 19.0 Å². The number of hydrogen-bond acceptors (Lipinski definition) is 6. The minimum Gasteiger partial charge on any atom is -0.456 e. The third-order valence-corrected chi connectivity index (χ3v) is 13.2.